The number of carbonyl (C=O) groups excluding carboxylic acids is 3. The maximum absolute atomic E-state index is 12.2. The minimum atomic E-state index is -0.792. The van der Waals surface area contributed by atoms with Crippen LogP contribution in [0.1, 0.15) is 27.6 Å². The molecular weight excluding hydrogens is 338 g/mol. The number of ether oxygens (including phenoxy) is 3. The minimum absolute atomic E-state index is 0.0295. The van der Waals surface area contributed by atoms with Crippen molar-refractivity contribution in [2.45, 2.75) is 6.92 Å². The first-order chi connectivity index (χ1) is 12.6. The lowest BCUT2D eigenvalue weighted by Crippen LogP contribution is -2.22. The van der Waals surface area contributed by atoms with Gasteiger partial charge in [-0.15, -0.1) is 0 Å². The van der Waals surface area contributed by atoms with Gasteiger partial charge in [-0.2, -0.15) is 0 Å². The quantitative estimate of drug-likeness (QED) is 0.766. The van der Waals surface area contributed by atoms with Gasteiger partial charge < -0.3 is 19.5 Å². The van der Waals surface area contributed by atoms with E-state index in [4.69, 9.17) is 9.47 Å². The number of carbonyl (C=O) groups is 3. The normalized spacial score (nSPS) is 9.92. The van der Waals surface area contributed by atoms with E-state index in [1.54, 1.807) is 36.4 Å². The molecule has 0 saturated heterocycles. The van der Waals surface area contributed by atoms with Crippen LogP contribution in [-0.4, -0.2) is 38.2 Å². The van der Waals surface area contributed by atoms with Crippen molar-refractivity contribution in [1.29, 1.82) is 0 Å². The highest BCUT2D eigenvalue weighted by molar-refractivity contribution is 6.04. The Kier molecular flexibility index (Phi) is 6.73. The number of rotatable bonds is 7. The summed E-state index contributed by atoms with van der Waals surface area (Å²) in [6.45, 7) is 1.78. The zero-order chi connectivity index (χ0) is 18.9. The van der Waals surface area contributed by atoms with Gasteiger partial charge in [0, 0.05) is 0 Å². The third-order valence-corrected chi connectivity index (χ3v) is 3.35. The number of methoxy groups -OCH3 is 1. The van der Waals surface area contributed by atoms with Crippen LogP contribution in [0.15, 0.2) is 48.5 Å². The molecule has 2 aromatic rings. The van der Waals surface area contributed by atoms with Gasteiger partial charge in [-0.05, 0) is 31.2 Å². The number of hydrogen-bond donors (Lipinski definition) is 1. The highest BCUT2D eigenvalue weighted by Gasteiger charge is 2.19. The Labute approximate surface area is 150 Å². The molecule has 26 heavy (non-hydrogen) atoms. The van der Waals surface area contributed by atoms with E-state index in [0.29, 0.717) is 18.0 Å². The second-order valence-electron chi connectivity index (χ2n) is 5.09. The van der Waals surface area contributed by atoms with Gasteiger partial charge in [0.1, 0.15) is 5.75 Å². The lowest BCUT2D eigenvalue weighted by Gasteiger charge is -2.12. The molecule has 0 aliphatic carbocycles. The van der Waals surface area contributed by atoms with E-state index >= 15 is 0 Å². The topological polar surface area (TPSA) is 90.9 Å². The van der Waals surface area contributed by atoms with Gasteiger partial charge in [0.2, 0.25) is 0 Å². The fraction of sp³-hybridized carbons (Fsp3) is 0.211. The van der Waals surface area contributed by atoms with Crippen LogP contribution in [0.3, 0.4) is 0 Å². The van der Waals surface area contributed by atoms with Crippen molar-refractivity contribution in [3.8, 4) is 5.75 Å². The molecule has 0 heterocycles. The largest absolute Gasteiger partial charge is 0.492 e. The van der Waals surface area contributed by atoms with Gasteiger partial charge >= 0.3 is 11.9 Å². The van der Waals surface area contributed by atoms with E-state index in [-0.39, 0.29) is 11.1 Å². The molecule has 7 nitrogen and oxygen atoms in total. The molecule has 136 valence electrons. The molecule has 1 amide bonds. The number of amides is 1. The van der Waals surface area contributed by atoms with Gasteiger partial charge in [-0.1, -0.05) is 24.3 Å². The first-order valence-corrected chi connectivity index (χ1v) is 7.93. The zero-order valence-electron chi connectivity index (χ0n) is 14.5. The summed E-state index contributed by atoms with van der Waals surface area (Å²) >= 11 is 0. The first kappa shape index (κ1) is 19.0. The number of anilines is 1. The van der Waals surface area contributed by atoms with E-state index in [9.17, 15) is 14.4 Å². The number of nitrogens with one attached hydrogen (secondary N) is 1. The van der Waals surface area contributed by atoms with Crippen molar-refractivity contribution < 1.29 is 28.6 Å². The minimum Gasteiger partial charge on any atom is -0.492 e. The van der Waals surface area contributed by atoms with Crippen molar-refractivity contribution in [2.75, 3.05) is 25.6 Å². The molecule has 0 atom stereocenters. The Balaban J connectivity index is 2.00. The molecule has 0 aromatic heterocycles. The third-order valence-electron chi connectivity index (χ3n) is 3.35. The molecule has 0 unspecified atom stereocenters. The van der Waals surface area contributed by atoms with Gasteiger partial charge in [-0.3, -0.25) is 4.79 Å². The molecule has 0 aliphatic rings. The molecule has 0 radical (unpaired) electrons. The van der Waals surface area contributed by atoms with Gasteiger partial charge in [0.05, 0.1) is 30.5 Å². The van der Waals surface area contributed by atoms with Crippen molar-refractivity contribution >= 4 is 23.5 Å². The summed E-state index contributed by atoms with van der Waals surface area (Å²) in [4.78, 5) is 35.9. The maximum Gasteiger partial charge on any atom is 0.339 e. The van der Waals surface area contributed by atoms with E-state index in [0.717, 1.165) is 0 Å². The van der Waals surface area contributed by atoms with Crippen molar-refractivity contribution in [1.82, 2.24) is 0 Å². The van der Waals surface area contributed by atoms with Crippen LogP contribution in [0.5, 0.6) is 5.75 Å². The summed E-state index contributed by atoms with van der Waals surface area (Å²) < 4.78 is 15.0. The Bertz CT molecular complexity index is 802. The Hall–Kier alpha value is -3.35. The number of hydrogen-bond acceptors (Lipinski definition) is 6. The van der Waals surface area contributed by atoms with Crippen LogP contribution >= 0.6 is 0 Å². The van der Waals surface area contributed by atoms with Crippen LogP contribution in [-0.2, 0) is 14.3 Å². The molecule has 1 N–H and O–H groups in total. The monoisotopic (exact) mass is 357 g/mol. The van der Waals surface area contributed by atoms with E-state index < -0.39 is 24.5 Å². The van der Waals surface area contributed by atoms with Gasteiger partial charge in [0.15, 0.2) is 6.61 Å². The lowest BCUT2D eigenvalue weighted by molar-refractivity contribution is -0.119. The standard InChI is InChI=1S/C19H19NO6/c1-3-25-16-11-7-6-10-15(16)20-17(21)12-26-19(23)14-9-5-4-8-13(14)18(22)24-2/h4-11H,3,12H2,1-2H3,(H,20,21). The highest BCUT2D eigenvalue weighted by Crippen LogP contribution is 2.23. The Morgan fingerprint density at radius 1 is 0.923 bits per heavy atom. The predicted molar refractivity (Wildman–Crippen MR) is 94.3 cm³/mol. The van der Waals surface area contributed by atoms with Gasteiger partial charge in [0.25, 0.3) is 5.91 Å². The lowest BCUT2D eigenvalue weighted by atomic mass is 10.1. The van der Waals surface area contributed by atoms with Gasteiger partial charge in [-0.25, -0.2) is 9.59 Å². The van der Waals surface area contributed by atoms with Crippen molar-refractivity contribution in [3.05, 3.63) is 59.7 Å². The Morgan fingerprint density at radius 3 is 2.19 bits per heavy atom. The zero-order valence-corrected chi connectivity index (χ0v) is 14.5. The summed E-state index contributed by atoms with van der Waals surface area (Å²) in [7, 11) is 1.22. The number of esters is 2. The summed E-state index contributed by atoms with van der Waals surface area (Å²) in [5.41, 5.74) is 0.578. The average molecular weight is 357 g/mol. The van der Waals surface area contributed by atoms with Crippen LogP contribution in [0.4, 0.5) is 5.69 Å². The predicted octanol–water partition coefficient (Wildman–Crippen LogP) is 2.67. The summed E-state index contributed by atoms with van der Waals surface area (Å²) in [6.07, 6.45) is 0. The van der Waals surface area contributed by atoms with Crippen molar-refractivity contribution in [3.63, 3.8) is 0 Å². The van der Waals surface area contributed by atoms with Crippen LogP contribution in [0, 0.1) is 0 Å². The number of benzene rings is 2. The molecule has 0 aliphatic heterocycles. The molecule has 2 aromatic carbocycles. The second kappa shape index (κ2) is 9.22. The smallest absolute Gasteiger partial charge is 0.339 e. The van der Waals surface area contributed by atoms with Crippen LogP contribution < -0.4 is 10.1 Å². The summed E-state index contributed by atoms with van der Waals surface area (Å²) in [5.74, 6) is -1.46. The summed E-state index contributed by atoms with van der Waals surface area (Å²) in [6, 6.07) is 13.0. The molecule has 0 fully saturated rings. The van der Waals surface area contributed by atoms with E-state index in [1.807, 2.05) is 6.92 Å². The molecular formula is C19H19NO6. The van der Waals surface area contributed by atoms with Crippen LogP contribution in [0.2, 0.25) is 0 Å². The first-order valence-electron chi connectivity index (χ1n) is 7.93. The molecule has 0 spiro atoms. The molecule has 2 rings (SSSR count). The highest BCUT2D eigenvalue weighted by atomic mass is 16.5. The summed E-state index contributed by atoms with van der Waals surface area (Å²) in [5, 5.41) is 2.62. The Morgan fingerprint density at radius 2 is 1.54 bits per heavy atom. The maximum atomic E-state index is 12.2. The molecule has 7 heteroatoms. The fourth-order valence-corrected chi connectivity index (χ4v) is 2.20. The third kappa shape index (κ3) is 4.83. The van der Waals surface area contributed by atoms with Crippen LogP contribution in [0.25, 0.3) is 0 Å². The SMILES string of the molecule is CCOc1ccccc1NC(=O)COC(=O)c1ccccc1C(=O)OC. The fourth-order valence-electron chi connectivity index (χ4n) is 2.20. The van der Waals surface area contributed by atoms with Crippen molar-refractivity contribution in [2.24, 2.45) is 0 Å². The average Bonchev–Trinajstić information content (AvgIpc) is 2.67. The number of para-hydroxylation sites is 2. The van der Waals surface area contributed by atoms with E-state index in [2.05, 4.69) is 10.1 Å². The second-order valence-corrected chi connectivity index (χ2v) is 5.09. The van der Waals surface area contributed by atoms with E-state index in [1.165, 1.54) is 19.2 Å². The molecule has 0 bridgehead atoms. The molecule has 0 saturated carbocycles.